The molecule has 1 saturated heterocycles. The second-order valence-electron chi connectivity index (χ2n) is 6.76. The molecular weight excluding hydrogens is 420 g/mol. The first-order valence-electron chi connectivity index (χ1n) is 8.97. The van der Waals surface area contributed by atoms with E-state index in [-0.39, 0.29) is 18.6 Å². The number of carbonyl (C=O) groups is 2. The average Bonchev–Trinajstić information content (AvgIpc) is 3.03. The smallest absolute Gasteiger partial charge is 0.419 e. The molecule has 1 unspecified atom stereocenters. The molecule has 0 bridgehead atoms. The number of hydrogen-bond acceptors (Lipinski definition) is 10. The highest BCUT2D eigenvalue weighted by Gasteiger charge is 2.41. The summed E-state index contributed by atoms with van der Waals surface area (Å²) in [5.41, 5.74) is -0.938. The number of aryl methyl sites for hydroxylation is 1. The Hall–Kier alpha value is -2.05. The van der Waals surface area contributed by atoms with E-state index in [0.717, 1.165) is 4.57 Å². The van der Waals surface area contributed by atoms with E-state index in [1.807, 2.05) is 0 Å². The van der Waals surface area contributed by atoms with Gasteiger partial charge in [0.1, 0.15) is 38.8 Å². The van der Waals surface area contributed by atoms with Gasteiger partial charge in [0.15, 0.2) is 0 Å². The zero-order chi connectivity index (χ0) is 22.6. The lowest BCUT2D eigenvalue weighted by Gasteiger charge is -2.30. The van der Waals surface area contributed by atoms with Crippen LogP contribution in [0.1, 0.15) is 32.1 Å². The number of hydrogen-bond donors (Lipinski definition) is 2. The van der Waals surface area contributed by atoms with Crippen molar-refractivity contribution in [1.29, 1.82) is 0 Å². The van der Waals surface area contributed by atoms with Gasteiger partial charge in [0.2, 0.25) is 0 Å². The van der Waals surface area contributed by atoms with Gasteiger partial charge >= 0.3 is 25.2 Å². The van der Waals surface area contributed by atoms with Gasteiger partial charge in [0, 0.05) is 25.1 Å². The van der Waals surface area contributed by atoms with Crippen LogP contribution in [0.3, 0.4) is 0 Å². The molecule has 0 amide bonds. The van der Waals surface area contributed by atoms with Gasteiger partial charge in [-0.05, 0) is 13.8 Å². The third kappa shape index (κ3) is 6.23. The van der Waals surface area contributed by atoms with Gasteiger partial charge in [-0.2, -0.15) is 5.09 Å². The molecule has 2 heterocycles. The molecule has 2 radical (unpaired) electrons. The molecule has 1 fully saturated rings. The Labute approximate surface area is 173 Å². The maximum absolute atomic E-state index is 12.4. The lowest BCUT2D eigenvalue weighted by atomic mass is 10.2. The van der Waals surface area contributed by atoms with E-state index < -0.39 is 55.4 Å². The Kier molecular flexibility index (Phi) is 7.95. The van der Waals surface area contributed by atoms with E-state index in [0.29, 0.717) is 0 Å². The molecule has 0 spiro atoms. The monoisotopic (exact) mass is 443 g/mol. The van der Waals surface area contributed by atoms with E-state index in [1.165, 1.54) is 34.1 Å². The van der Waals surface area contributed by atoms with Gasteiger partial charge in [-0.15, -0.1) is 0 Å². The van der Waals surface area contributed by atoms with E-state index in [2.05, 4.69) is 14.8 Å². The van der Waals surface area contributed by atoms with Gasteiger partial charge in [-0.1, -0.05) is 0 Å². The third-order valence-electron chi connectivity index (χ3n) is 4.31. The number of aromatic amines is 1. The lowest BCUT2D eigenvalue weighted by molar-refractivity contribution is -0.194. The summed E-state index contributed by atoms with van der Waals surface area (Å²) in [4.78, 5) is 61.1. The summed E-state index contributed by atoms with van der Waals surface area (Å²) >= 11 is 0. The SMILES string of the molecule is [B][P+]([O-])(N[C@@H](C)C(=O)OC)OC[C@H]1O[C@@H](n2cc(C)c(=O)[nH]c2=O)C[C@@H]1OC(C)=O. The fraction of sp³-hybridized carbons (Fsp3) is 0.625. The Morgan fingerprint density at radius 1 is 1.50 bits per heavy atom. The number of methoxy groups -OCH3 is 1. The first-order valence-corrected chi connectivity index (χ1v) is 10.7. The van der Waals surface area contributed by atoms with E-state index in [1.54, 1.807) is 0 Å². The summed E-state index contributed by atoms with van der Waals surface area (Å²) in [5.74, 6) is -1.28. The number of carbonyl (C=O) groups excluding carboxylic acids is 2. The van der Waals surface area contributed by atoms with Crippen LogP contribution < -0.4 is 21.2 Å². The minimum absolute atomic E-state index is 0.0832. The van der Waals surface area contributed by atoms with Crippen LogP contribution in [0.5, 0.6) is 0 Å². The molecule has 2 N–H and O–H groups in total. The summed E-state index contributed by atoms with van der Waals surface area (Å²) in [7, 11) is 2.83. The zero-order valence-electron chi connectivity index (χ0n) is 16.9. The molecule has 0 aliphatic carbocycles. The Bertz CT molecular complexity index is 903. The summed E-state index contributed by atoms with van der Waals surface area (Å²) in [5, 5.41) is 2.33. The van der Waals surface area contributed by atoms with Gasteiger partial charge in [0.25, 0.3) is 5.56 Å². The van der Waals surface area contributed by atoms with Crippen molar-refractivity contribution in [2.45, 2.75) is 51.7 Å². The molecule has 164 valence electrons. The zero-order valence-corrected chi connectivity index (χ0v) is 17.8. The molecule has 1 aromatic rings. The lowest BCUT2D eigenvalue weighted by Crippen LogP contribution is -2.41. The van der Waals surface area contributed by atoms with Crippen LogP contribution in [0.15, 0.2) is 15.8 Å². The van der Waals surface area contributed by atoms with E-state index in [4.69, 9.17) is 21.6 Å². The van der Waals surface area contributed by atoms with Crippen molar-refractivity contribution in [2.75, 3.05) is 13.7 Å². The van der Waals surface area contributed by atoms with Crippen molar-refractivity contribution in [1.82, 2.24) is 14.6 Å². The maximum atomic E-state index is 12.4. The number of nitrogens with zero attached hydrogens (tertiary/aromatic N) is 1. The Morgan fingerprint density at radius 3 is 2.77 bits per heavy atom. The molecule has 1 aliphatic heterocycles. The first kappa shape index (κ1) is 24.2. The van der Waals surface area contributed by atoms with E-state index >= 15 is 0 Å². The van der Waals surface area contributed by atoms with Crippen molar-refractivity contribution in [3.8, 4) is 0 Å². The molecule has 0 aromatic carbocycles. The highest BCUT2D eigenvalue weighted by atomic mass is 31.2. The number of nitrogens with one attached hydrogen (secondary N) is 2. The maximum Gasteiger partial charge on any atom is 0.419 e. The second kappa shape index (κ2) is 9.84. The predicted molar refractivity (Wildman–Crippen MR) is 103 cm³/mol. The van der Waals surface area contributed by atoms with Gasteiger partial charge in [-0.25, -0.2) is 9.32 Å². The minimum Gasteiger partial charge on any atom is -0.656 e. The standard InChI is InChI=1S/C16H23BN3O9P/c1-8-6-20(16(24)18-14(8)22)13-5-11(28-10(3)21)12(29-13)7-27-30(17,25)19-9(2)15(23)26-4/h6,9,11-13H,5,7H2,1-4H3,(H,19,25)(H,18,22,24)/t9-,11-,12+,13+,30?/m0/s1. The van der Waals surface area contributed by atoms with Crippen molar-refractivity contribution >= 4 is 27.2 Å². The van der Waals surface area contributed by atoms with Crippen molar-refractivity contribution in [3.05, 3.63) is 32.6 Å². The average molecular weight is 443 g/mol. The normalized spacial score (nSPS) is 24.1. The van der Waals surface area contributed by atoms with Gasteiger partial charge < -0.3 is 19.1 Å². The van der Waals surface area contributed by atoms with Crippen molar-refractivity contribution < 1.29 is 33.2 Å². The summed E-state index contributed by atoms with van der Waals surface area (Å²) in [6, 6.07) is -0.991. The number of H-pyrrole nitrogens is 1. The van der Waals surface area contributed by atoms with Crippen LogP contribution in [0.25, 0.3) is 0 Å². The Morgan fingerprint density at radius 2 is 2.17 bits per heavy atom. The van der Waals surface area contributed by atoms with Crippen LogP contribution in [0, 0.1) is 6.92 Å². The topological polar surface area (TPSA) is 161 Å². The van der Waals surface area contributed by atoms with E-state index in [9.17, 15) is 24.1 Å². The van der Waals surface area contributed by atoms with Crippen molar-refractivity contribution in [2.24, 2.45) is 0 Å². The summed E-state index contributed by atoms with van der Waals surface area (Å²) in [6.07, 6.45) is -1.20. The Balaban J connectivity index is 2.12. The van der Waals surface area contributed by atoms with Crippen LogP contribution in [-0.2, 0) is 28.3 Å². The molecule has 2 rings (SSSR count). The molecule has 30 heavy (non-hydrogen) atoms. The highest BCUT2D eigenvalue weighted by Crippen LogP contribution is 2.43. The molecule has 0 saturated carbocycles. The number of aromatic nitrogens is 2. The third-order valence-corrected chi connectivity index (χ3v) is 5.59. The first-order chi connectivity index (χ1) is 13.9. The van der Waals surface area contributed by atoms with Crippen LogP contribution in [-0.4, -0.2) is 61.0 Å². The number of ether oxygens (including phenoxy) is 3. The van der Waals surface area contributed by atoms with Gasteiger partial charge in [-0.3, -0.25) is 23.9 Å². The molecule has 12 nitrogen and oxygen atoms in total. The number of esters is 2. The highest BCUT2D eigenvalue weighted by molar-refractivity contribution is 7.86. The fourth-order valence-corrected chi connectivity index (χ4v) is 3.97. The quantitative estimate of drug-likeness (QED) is 0.273. The van der Waals surface area contributed by atoms with Gasteiger partial charge in [0.05, 0.1) is 7.11 Å². The van der Waals surface area contributed by atoms with Crippen LogP contribution >= 0.6 is 7.75 Å². The molecular formula is C16H23BN3O9P. The fourth-order valence-electron chi connectivity index (χ4n) is 2.88. The number of rotatable bonds is 8. The van der Waals surface area contributed by atoms with Crippen LogP contribution in [0.4, 0.5) is 0 Å². The minimum atomic E-state index is -3.93. The second-order valence-corrected chi connectivity index (χ2v) is 8.47. The molecule has 1 aliphatic rings. The molecule has 14 heteroatoms. The summed E-state index contributed by atoms with van der Waals surface area (Å²) < 4.78 is 21.8. The van der Waals surface area contributed by atoms with Crippen molar-refractivity contribution in [3.63, 3.8) is 0 Å². The van der Waals surface area contributed by atoms with Crippen LogP contribution in [0.2, 0.25) is 0 Å². The molecule has 1 aromatic heterocycles. The molecule has 5 atom stereocenters. The summed E-state index contributed by atoms with van der Waals surface area (Å²) in [6.45, 7) is 3.76. The largest absolute Gasteiger partial charge is 0.656 e. The predicted octanol–water partition coefficient (Wildman–Crippen LogP) is -1.56.